The number of rotatable bonds is 11. The second kappa shape index (κ2) is 15.6. The zero-order chi connectivity index (χ0) is 31.8. The van der Waals surface area contributed by atoms with Gasteiger partial charge in [-0.25, -0.2) is 0 Å². The molecular weight excluding hydrogens is 576 g/mol. The molecule has 238 valence electrons. The number of carbonyl (C=O) groups excluding carboxylic acids is 2. The van der Waals surface area contributed by atoms with Crippen LogP contribution in [-0.4, -0.2) is 48.7 Å². The molecule has 5 rings (SSSR count). The topological polar surface area (TPSA) is 70.0 Å². The van der Waals surface area contributed by atoms with Crippen LogP contribution in [0.3, 0.4) is 0 Å². The van der Waals surface area contributed by atoms with Crippen LogP contribution in [-0.2, 0) is 25.7 Å². The van der Waals surface area contributed by atoms with Gasteiger partial charge in [0.1, 0.15) is 11.9 Å². The van der Waals surface area contributed by atoms with Gasteiger partial charge in [-0.3, -0.25) is 9.59 Å². The lowest BCUT2D eigenvalue weighted by molar-refractivity contribution is -0.146. The third kappa shape index (κ3) is 8.05. The summed E-state index contributed by atoms with van der Waals surface area (Å²) in [5.41, 5.74) is 5.86. The quantitative estimate of drug-likeness (QED) is 0.202. The summed E-state index contributed by atoms with van der Waals surface area (Å²) in [6, 6.07) is 16.5. The second-order valence-electron chi connectivity index (χ2n) is 11.9. The van der Waals surface area contributed by atoms with Crippen molar-refractivity contribution in [3.05, 3.63) is 82.1 Å². The fourth-order valence-corrected chi connectivity index (χ4v) is 5.92. The summed E-state index contributed by atoms with van der Waals surface area (Å²) < 4.78 is 19.0. The van der Waals surface area contributed by atoms with Crippen LogP contribution in [0.5, 0.6) is 5.75 Å². The maximum Gasteiger partial charge on any atom is 0.310 e. The van der Waals surface area contributed by atoms with Crippen LogP contribution in [0.4, 0.5) is 0 Å². The molecule has 0 N–H and O–H groups in total. The van der Waals surface area contributed by atoms with Gasteiger partial charge in [0, 0.05) is 47.6 Å². The Labute approximate surface area is 267 Å². The number of hydrogen-bond acceptors (Lipinski definition) is 5. The van der Waals surface area contributed by atoms with E-state index in [1.54, 1.807) is 18.9 Å². The second-order valence-corrected chi connectivity index (χ2v) is 12.4. The number of amides is 1. The molecule has 0 radical (unpaired) electrons. The highest BCUT2D eigenvalue weighted by atomic mass is 35.5. The lowest BCUT2D eigenvalue weighted by Gasteiger charge is -2.25. The highest BCUT2D eigenvalue weighted by Crippen LogP contribution is 2.49. The standard InChI is InChI=1S/C22H20ClNO2.C14H27NO3/c1-25-20-6-2-5-17(21(20)14-7-8-14)22-18-12-15(23)9-10-19(18)24-11-3-4-16(24)13-26-22;1-6-11(3)8-9-15(13(16)7-2)10-12(4)14(17)18-5/h2-6,9-12,14,22H,7-8,13H2,1H3;11-12H,6-10H2,1-5H3/t22-;/m1./s1. The number of fused-ring (bicyclic) bond motifs is 3. The fraction of sp³-hybridized carbons (Fsp3) is 0.500. The normalized spacial score (nSPS) is 16.8. The minimum Gasteiger partial charge on any atom is -0.496 e. The van der Waals surface area contributed by atoms with Gasteiger partial charge in [0.25, 0.3) is 0 Å². The van der Waals surface area contributed by atoms with E-state index in [1.807, 2.05) is 19.1 Å². The molecule has 7 nitrogen and oxygen atoms in total. The van der Waals surface area contributed by atoms with Crippen molar-refractivity contribution < 1.29 is 23.8 Å². The lowest BCUT2D eigenvalue weighted by atomic mass is 9.92. The van der Waals surface area contributed by atoms with E-state index >= 15 is 0 Å². The van der Waals surface area contributed by atoms with Gasteiger partial charge in [-0.05, 0) is 73.1 Å². The Morgan fingerprint density at radius 3 is 2.50 bits per heavy atom. The van der Waals surface area contributed by atoms with Gasteiger partial charge in [-0.1, -0.05) is 57.8 Å². The van der Waals surface area contributed by atoms with E-state index in [0.29, 0.717) is 31.4 Å². The SMILES string of the molecule is CCC(=O)N(CCC(C)CC)CC(C)C(=O)OC.COc1cccc([C@H]2OCc3cccn3-c3ccc(Cl)cc32)c1C1CC1. The Balaban J connectivity index is 0.000000218. The van der Waals surface area contributed by atoms with E-state index in [-0.39, 0.29) is 23.9 Å². The molecule has 2 heterocycles. The van der Waals surface area contributed by atoms with Crippen molar-refractivity contribution in [3.8, 4) is 11.4 Å². The van der Waals surface area contributed by atoms with Crippen molar-refractivity contribution in [1.29, 1.82) is 0 Å². The molecule has 0 bridgehead atoms. The molecule has 1 aliphatic carbocycles. The maximum absolute atomic E-state index is 11.8. The number of hydrogen-bond donors (Lipinski definition) is 0. The maximum atomic E-state index is 11.8. The molecule has 3 aromatic rings. The van der Waals surface area contributed by atoms with Crippen LogP contribution in [0.2, 0.25) is 5.02 Å². The molecule has 44 heavy (non-hydrogen) atoms. The van der Waals surface area contributed by atoms with Crippen molar-refractivity contribution in [2.45, 2.75) is 78.4 Å². The summed E-state index contributed by atoms with van der Waals surface area (Å²) in [6.45, 7) is 9.71. The van der Waals surface area contributed by atoms with Gasteiger partial charge in [-0.2, -0.15) is 0 Å². The van der Waals surface area contributed by atoms with E-state index in [0.717, 1.165) is 47.1 Å². The molecule has 2 unspecified atom stereocenters. The van der Waals surface area contributed by atoms with Gasteiger partial charge >= 0.3 is 5.97 Å². The molecule has 1 saturated carbocycles. The number of carbonyl (C=O) groups is 2. The van der Waals surface area contributed by atoms with Crippen molar-refractivity contribution in [3.63, 3.8) is 0 Å². The zero-order valence-corrected chi connectivity index (χ0v) is 27.7. The first-order chi connectivity index (χ1) is 21.2. The zero-order valence-electron chi connectivity index (χ0n) is 27.0. The van der Waals surface area contributed by atoms with Gasteiger partial charge in [0.05, 0.1) is 32.4 Å². The third-order valence-corrected chi connectivity index (χ3v) is 8.93. The molecule has 8 heteroatoms. The Morgan fingerprint density at radius 1 is 1.07 bits per heavy atom. The first-order valence-corrected chi connectivity index (χ1v) is 16.2. The third-order valence-electron chi connectivity index (χ3n) is 8.69. The average molecular weight is 623 g/mol. The first kappa shape index (κ1) is 33.6. The predicted octanol–water partition coefficient (Wildman–Crippen LogP) is 8.11. The van der Waals surface area contributed by atoms with Crippen LogP contribution in [0.25, 0.3) is 5.69 Å². The highest BCUT2D eigenvalue weighted by Gasteiger charge is 2.34. The molecule has 2 aliphatic rings. The first-order valence-electron chi connectivity index (χ1n) is 15.8. The van der Waals surface area contributed by atoms with Crippen LogP contribution in [0, 0.1) is 11.8 Å². The van der Waals surface area contributed by atoms with Crippen molar-refractivity contribution in [2.75, 3.05) is 27.3 Å². The molecule has 0 spiro atoms. The van der Waals surface area contributed by atoms with Gasteiger partial charge in [-0.15, -0.1) is 0 Å². The van der Waals surface area contributed by atoms with E-state index in [4.69, 9.17) is 25.8 Å². The summed E-state index contributed by atoms with van der Waals surface area (Å²) in [7, 11) is 3.12. The van der Waals surface area contributed by atoms with E-state index in [2.05, 4.69) is 61.0 Å². The number of nitrogens with zero attached hydrogens (tertiary/aromatic N) is 2. The van der Waals surface area contributed by atoms with Crippen LogP contribution in [0.1, 0.15) is 94.2 Å². The van der Waals surface area contributed by atoms with Gasteiger partial charge < -0.3 is 23.7 Å². The van der Waals surface area contributed by atoms with Crippen LogP contribution < -0.4 is 4.74 Å². The molecule has 1 amide bonds. The monoisotopic (exact) mass is 622 g/mol. The van der Waals surface area contributed by atoms with Gasteiger partial charge in [0.2, 0.25) is 5.91 Å². The number of esters is 1. The lowest BCUT2D eigenvalue weighted by Crippen LogP contribution is -2.38. The van der Waals surface area contributed by atoms with Crippen LogP contribution in [0.15, 0.2) is 54.7 Å². The molecule has 0 saturated heterocycles. The Morgan fingerprint density at radius 2 is 1.84 bits per heavy atom. The summed E-state index contributed by atoms with van der Waals surface area (Å²) in [4.78, 5) is 25.0. The Hall–Kier alpha value is -3.29. The largest absolute Gasteiger partial charge is 0.496 e. The van der Waals surface area contributed by atoms with Crippen molar-refractivity contribution in [2.24, 2.45) is 11.8 Å². The van der Waals surface area contributed by atoms with Crippen LogP contribution >= 0.6 is 11.6 Å². The Bertz CT molecular complexity index is 1420. The van der Waals surface area contributed by atoms with E-state index < -0.39 is 0 Å². The number of halogens is 1. The average Bonchev–Trinajstić information content (AvgIpc) is 3.81. The summed E-state index contributed by atoms with van der Waals surface area (Å²) >= 11 is 6.37. The summed E-state index contributed by atoms with van der Waals surface area (Å²) in [6.07, 6.45) is 6.92. The van der Waals surface area contributed by atoms with E-state index in [9.17, 15) is 9.59 Å². The smallest absolute Gasteiger partial charge is 0.310 e. The molecule has 1 aliphatic heterocycles. The number of methoxy groups -OCH3 is 2. The number of ether oxygens (including phenoxy) is 3. The minimum atomic E-state index is -0.262. The molecule has 2 aromatic carbocycles. The molecule has 1 aromatic heterocycles. The summed E-state index contributed by atoms with van der Waals surface area (Å²) in [5, 5.41) is 0.726. The van der Waals surface area contributed by atoms with Gasteiger partial charge in [0.15, 0.2) is 0 Å². The van der Waals surface area contributed by atoms with Crippen molar-refractivity contribution in [1.82, 2.24) is 9.47 Å². The molecule has 1 fully saturated rings. The highest BCUT2D eigenvalue weighted by molar-refractivity contribution is 6.30. The Kier molecular flexibility index (Phi) is 11.9. The van der Waals surface area contributed by atoms with Crippen molar-refractivity contribution >= 4 is 23.5 Å². The number of benzene rings is 2. The minimum absolute atomic E-state index is 0.106. The molecule has 3 atom stereocenters. The number of aromatic nitrogens is 1. The fourth-order valence-electron chi connectivity index (χ4n) is 5.74. The predicted molar refractivity (Wildman–Crippen MR) is 175 cm³/mol. The van der Waals surface area contributed by atoms with E-state index in [1.165, 1.54) is 31.1 Å². The molecular formula is C36H47ClN2O5. The summed E-state index contributed by atoms with van der Waals surface area (Å²) in [5.74, 6) is 1.71.